The number of nitrogens with zero attached hydrogens (tertiary/aromatic N) is 4. The Morgan fingerprint density at radius 1 is 1.22 bits per heavy atom. The molecule has 0 fully saturated rings. The minimum absolute atomic E-state index is 0.0902. The molecule has 0 aliphatic rings. The molecular formula is C17H24ClN5O4. The SMILES string of the molecule is CC(C)(C)OC(=O)COCCOCCn1cc(-c2cc(Cl)nnc2N)cn1. The van der Waals surface area contributed by atoms with Crippen LogP contribution in [-0.4, -0.2) is 58.0 Å². The third-order valence-electron chi connectivity index (χ3n) is 3.21. The van der Waals surface area contributed by atoms with Crippen molar-refractivity contribution in [1.82, 2.24) is 20.0 Å². The van der Waals surface area contributed by atoms with Gasteiger partial charge in [0.1, 0.15) is 12.2 Å². The first kappa shape index (κ1) is 21.1. The van der Waals surface area contributed by atoms with Crippen LogP contribution in [0.4, 0.5) is 5.82 Å². The normalized spacial score (nSPS) is 11.6. The van der Waals surface area contributed by atoms with Crippen LogP contribution in [0, 0.1) is 0 Å². The van der Waals surface area contributed by atoms with Crippen LogP contribution in [0.1, 0.15) is 20.8 Å². The molecule has 0 atom stereocenters. The van der Waals surface area contributed by atoms with Gasteiger partial charge in [0.05, 0.1) is 32.6 Å². The average Bonchev–Trinajstić information content (AvgIpc) is 3.03. The fraction of sp³-hybridized carbons (Fsp3) is 0.529. The fourth-order valence-corrected chi connectivity index (χ4v) is 2.28. The van der Waals surface area contributed by atoms with Crippen molar-refractivity contribution in [2.24, 2.45) is 0 Å². The number of aromatic nitrogens is 4. The van der Waals surface area contributed by atoms with Gasteiger partial charge in [-0.1, -0.05) is 11.6 Å². The van der Waals surface area contributed by atoms with Crippen molar-refractivity contribution in [3.8, 4) is 11.1 Å². The van der Waals surface area contributed by atoms with E-state index in [-0.39, 0.29) is 17.6 Å². The number of carbonyl (C=O) groups is 1. The van der Waals surface area contributed by atoms with E-state index in [4.69, 9.17) is 31.5 Å². The summed E-state index contributed by atoms with van der Waals surface area (Å²) >= 11 is 5.85. The molecule has 2 aromatic rings. The smallest absolute Gasteiger partial charge is 0.332 e. The van der Waals surface area contributed by atoms with Gasteiger partial charge in [-0.05, 0) is 26.8 Å². The van der Waals surface area contributed by atoms with E-state index in [1.807, 2.05) is 27.0 Å². The van der Waals surface area contributed by atoms with Crippen LogP contribution in [0.15, 0.2) is 18.5 Å². The van der Waals surface area contributed by atoms with Crippen molar-refractivity contribution < 1.29 is 19.0 Å². The van der Waals surface area contributed by atoms with Gasteiger partial charge in [-0.2, -0.15) is 5.10 Å². The second-order valence-electron chi connectivity index (χ2n) is 6.71. The third kappa shape index (κ3) is 7.49. The Kier molecular flexibility index (Phi) is 7.52. The molecule has 2 rings (SSSR count). The van der Waals surface area contributed by atoms with Crippen LogP contribution in [0.2, 0.25) is 5.15 Å². The predicted molar refractivity (Wildman–Crippen MR) is 100 cm³/mol. The highest BCUT2D eigenvalue weighted by Crippen LogP contribution is 2.25. The van der Waals surface area contributed by atoms with E-state index in [2.05, 4.69) is 15.3 Å². The standard InChI is InChI=1S/C17H24ClN5O4/c1-17(2,3)27-15(24)11-26-7-6-25-5-4-23-10-12(9-20-23)13-8-14(18)21-22-16(13)19/h8-10H,4-7,11H2,1-3H3,(H2,19,22). The molecule has 10 heteroatoms. The molecule has 2 aromatic heterocycles. The quantitative estimate of drug-likeness (QED) is 0.504. The van der Waals surface area contributed by atoms with Gasteiger partial charge in [0.2, 0.25) is 0 Å². The average molecular weight is 398 g/mol. The van der Waals surface area contributed by atoms with E-state index >= 15 is 0 Å². The van der Waals surface area contributed by atoms with Gasteiger partial charge in [-0.25, -0.2) is 4.79 Å². The molecule has 0 aliphatic carbocycles. The van der Waals surface area contributed by atoms with Gasteiger partial charge in [0.15, 0.2) is 11.0 Å². The highest BCUT2D eigenvalue weighted by molar-refractivity contribution is 6.29. The minimum atomic E-state index is -0.512. The van der Waals surface area contributed by atoms with Crippen molar-refractivity contribution in [2.75, 3.05) is 32.2 Å². The van der Waals surface area contributed by atoms with Gasteiger partial charge in [-0.15, -0.1) is 10.2 Å². The summed E-state index contributed by atoms with van der Waals surface area (Å²) in [5, 5.41) is 12.0. The van der Waals surface area contributed by atoms with Crippen LogP contribution in [-0.2, 0) is 25.5 Å². The summed E-state index contributed by atoms with van der Waals surface area (Å²) in [6.45, 7) is 7.01. The van der Waals surface area contributed by atoms with Crippen LogP contribution in [0.5, 0.6) is 0 Å². The summed E-state index contributed by atoms with van der Waals surface area (Å²) < 4.78 is 17.6. The maximum absolute atomic E-state index is 11.5. The number of hydrogen-bond donors (Lipinski definition) is 1. The zero-order valence-corrected chi connectivity index (χ0v) is 16.4. The van der Waals surface area contributed by atoms with Crippen LogP contribution >= 0.6 is 11.6 Å². The molecule has 0 saturated heterocycles. The van der Waals surface area contributed by atoms with Crippen LogP contribution in [0.25, 0.3) is 11.1 Å². The van der Waals surface area contributed by atoms with E-state index < -0.39 is 11.6 Å². The van der Waals surface area contributed by atoms with E-state index in [1.54, 1.807) is 16.9 Å². The Morgan fingerprint density at radius 2 is 1.96 bits per heavy atom. The Balaban J connectivity index is 1.65. The Hall–Kier alpha value is -2.23. The lowest BCUT2D eigenvalue weighted by atomic mass is 10.1. The molecule has 0 saturated carbocycles. The highest BCUT2D eigenvalue weighted by Gasteiger charge is 2.15. The van der Waals surface area contributed by atoms with Crippen molar-refractivity contribution >= 4 is 23.4 Å². The number of nitrogen functional groups attached to an aromatic ring is 1. The van der Waals surface area contributed by atoms with Crippen LogP contribution < -0.4 is 5.73 Å². The van der Waals surface area contributed by atoms with Gasteiger partial charge in [-0.3, -0.25) is 4.68 Å². The summed E-state index contributed by atoms with van der Waals surface area (Å²) in [5.41, 5.74) is 6.78. The number of esters is 1. The number of carbonyl (C=O) groups excluding carboxylic acids is 1. The number of ether oxygens (including phenoxy) is 3. The molecular weight excluding hydrogens is 374 g/mol. The Morgan fingerprint density at radius 3 is 2.70 bits per heavy atom. The van der Waals surface area contributed by atoms with E-state index in [0.29, 0.717) is 31.9 Å². The first-order valence-electron chi connectivity index (χ1n) is 8.43. The number of halogens is 1. The lowest BCUT2D eigenvalue weighted by molar-refractivity contribution is -0.160. The number of anilines is 1. The molecule has 2 N–H and O–H groups in total. The highest BCUT2D eigenvalue weighted by atomic mass is 35.5. The maximum atomic E-state index is 11.5. The summed E-state index contributed by atoms with van der Waals surface area (Å²) in [7, 11) is 0. The predicted octanol–water partition coefficient (Wildman–Crippen LogP) is 1.95. The van der Waals surface area contributed by atoms with E-state index in [1.165, 1.54) is 0 Å². The molecule has 9 nitrogen and oxygen atoms in total. The molecule has 0 bridgehead atoms. The molecule has 0 radical (unpaired) electrons. The molecule has 0 amide bonds. The molecule has 2 heterocycles. The summed E-state index contributed by atoms with van der Waals surface area (Å²) in [6, 6.07) is 1.64. The van der Waals surface area contributed by atoms with Crippen LogP contribution in [0.3, 0.4) is 0 Å². The lowest BCUT2D eigenvalue weighted by Gasteiger charge is -2.19. The summed E-state index contributed by atoms with van der Waals surface area (Å²) in [4.78, 5) is 11.5. The van der Waals surface area contributed by atoms with Gasteiger partial charge in [0, 0.05) is 17.3 Å². The zero-order chi connectivity index (χ0) is 19.9. The van der Waals surface area contributed by atoms with Gasteiger partial charge in [0.25, 0.3) is 0 Å². The molecule has 0 spiro atoms. The molecule has 27 heavy (non-hydrogen) atoms. The minimum Gasteiger partial charge on any atom is -0.458 e. The number of nitrogens with two attached hydrogens (primary N) is 1. The van der Waals surface area contributed by atoms with E-state index in [9.17, 15) is 4.79 Å². The Labute approximate surface area is 162 Å². The topological polar surface area (TPSA) is 114 Å². The van der Waals surface area contributed by atoms with Gasteiger partial charge >= 0.3 is 5.97 Å². The molecule has 0 aliphatic heterocycles. The number of hydrogen-bond acceptors (Lipinski definition) is 8. The molecule has 0 unspecified atom stereocenters. The second-order valence-corrected chi connectivity index (χ2v) is 7.10. The molecule has 0 aromatic carbocycles. The number of rotatable bonds is 9. The third-order valence-corrected chi connectivity index (χ3v) is 3.40. The van der Waals surface area contributed by atoms with Gasteiger partial charge < -0.3 is 19.9 Å². The fourth-order valence-electron chi connectivity index (χ4n) is 2.14. The monoisotopic (exact) mass is 397 g/mol. The van der Waals surface area contributed by atoms with Crippen molar-refractivity contribution in [1.29, 1.82) is 0 Å². The van der Waals surface area contributed by atoms with Crippen molar-refractivity contribution in [3.05, 3.63) is 23.6 Å². The Bertz CT molecular complexity index is 760. The summed E-state index contributed by atoms with van der Waals surface area (Å²) in [6.07, 6.45) is 3.50. The van der Waals surface area contributed by atoms with Crippen molar-refractivity contribution in [3.63, 3.8) is 0 Å². The van der Waals surface area contributed by atoms with E-state index in [0.717, 1.165) is 5.56 Å². The summed E-state index contributed by atoms with van der Waals surface area (Å²) in [5.74, 6) is -0.103. The largest absolute Gasteiger partial charge is 0.458 e. The zero-order valence-electron chi connectivity index (χ0n) is 15.6. The first-order valence-corrected chi connectivity index (χ1v) is 8.81. The second kappa shape index (κ2) is 9.63. The van der Waals surface area contributed by atoms with Crippen molar-refractivity contribution in [2.45, 2.75) is 32.9 Å². The maximum Gasteiger partial charge on any atom is 0.332 e. The lowest BCUT2D eigenvalue weighted by Crippen LogP contribution is -2.27. The molecule has 148 valence electrons. The first-order chi connectivity index (χ1) is 12.7.